The van der Waals surface area contributed by atoms with Gasteiger partial charge in [0.25, 0.3) is 11.1 Å². The average molecular weight is 995 g/mol. The maximum Gasteiger partial charge on any atom is 0.410 e. The van der Waals surface area contributed by atoms with Gasteiger partial charge in [-0.25, -0.2) is 14.8 Å². The number of amides is 3. The van der Waals surface area contributed by atoms with E-state index in [9.17, 15) is 24.0 Å². The quantitative estimate of drug-likeness (QED) is 0.143. The molecule has 3 N–H and O–H groups in total. The predicted molar refractivity (Wildman–Crippen MR) is 283 cm³/mol. The van der Waals surface area contributed by atoms with Crippen LogP contribution in [0, 0.1) is 11.8 Å². The number of nitrogens with zero attached hydrogens (tertiary/aromatic N) is 11. The fourth-order valence-electron chi connectivity index (χ4n) is 9.43. The minimum atomic E-state index is -0.515. The Hall–Kier alpha value is -7.61. The van der Waals surface area contributed by atoms with Gasteiger partial charge in [0.05, 0.1) is 0 Å². The van der Waals surface area contributed by atoms with Crippen molar-refractivity contribution in [2.45, 2.75) is 66.2 Å². The molecule has 2 aromatic carbocycles. The van der Waals surface area contributed by atoms with Crippen LogP contribution in [-0.4, -0.2) is 146 Å². The number of anilines is 6. The number of rotatable bonds is 12. The number of aryl methyl sites for hydroxylation is 2. The second kappa shape index (κ2) is 22.0. The van der Waals surface area contributed by atoms with E-state index < -0.39 is 5.60 Å². The van der Waals surface area contributed by atoms with Gasteiger partial charge in [-0.1, -0.05) is 0 Å². The number of aromatic nitrogens is 6. The Kier molecular flexibility index (Phi) is 15.2. The van der Waals surface area contributed by atoms with Crippen LogP contribution in [0.4, 0.5) is 39.4 Å². The first kappa shape index (κ1) is 50.3. The van der Waals surface area contributed by atoms with Crippen molar-refractivity contribution in [1.82, 2.24) is 49.1 Å². The second-order valence-corrected chi connectivity index (χ2v) is 20.3. The predicted octanol–water partition coefficient (Wildman–Crippen LogP) is 5.27. The van der Waals surface area contributed by atoms with Crippen LogP contribution in [0.3, 0.4) is 0 Å². The van der Waals surface area contributed by atoms with E-state index in [4.69, 9.17) is 4.74 Å². The van der Waals surface area contributed by atoms with Gasteiger partial charge in [-0.3, -0.25) is 28.3 Å². The standard InChI is InChI=1S/C29H37N7O4.C24H29N7O2/c1-20(37)33-13-15-34(16-14-33)24-8-6-23(7-9-24)31-27-30-17-22-5-10-25(38)36(26(22)32-27)12-11-21-18-35(19-21)28(39)40-29(2,3)4;1-17(32)29-10-12-30(13-11-29)21-5-3-20(4-6-21)27-24-26-16-19-2-7-22(33)31(23(19)28-24)9-8-18-14-25-15-18/h5-10,17,21H,11-16,18-19H2,1-4H3,(H,30,31,32);2-7,16,18,25H,8-15H2,1H3,(H,26,27,28). The number of hydrogen-bond acceptors (Lipinski definition) is 15. The zero-order valence-corrected chi connectivity index (χ0v) is 42.4. The highest BCUT2D eigenvalue weighted by molar-refractivity contribution is 5.77. The molecule has 4 aliphatic heterocycles. The van der Waals surface area contributed by atoms with Crippen LogP contribution < -0.4 is 36.9 Å². The SMILES string of the molecule is CC(=O)N1CCN(c2ccc(Nc3ncc4ccc(=O)n(CCC5CN(C(=O)OC(C)(C)C)C5)c4n3)cc2)CC1.CC(=O)N1CCN(c2ccc(Nc3ncc4ccc(=O)n(CCC5CNC5)c4n3)cc2)CC1. The fraction of sp³-hybridized carbons (Fsp3) is 0.453. The molecule has 8 heterocycles. The molecule has 4 aliphatic rings. The van der Waals surface area contributed by atoms with Crippen molar-refractivity contribution in [2.24, 2.45) is 11.8 Å². The molecule has 3 amide bonds. The van der Waals surface area contributed by atoms with Crippen LogP contribution in [0.2, 0.25) is 0 Å². The molecule has 10 rings (SSSR count). The van der Waals surface area contributed by atoms with E-state index in [1.54, 1.807) is 64.5 Å². The third-order valence-electron chi connectivity index (χ3n) is 13.9. The summed E-state index contributed by atoms with van der Waals surface area (Å²) in [5.41, 5.74) is 4.52. The summed E-state index contributed by atoms with van der Waals surface area (Å²) < 4.78 is 8.87. The van der Waals surface area contributed by atoms with Crippen molar-refractivity contribution in [3.63, 3.8) is 0 Å². The number of likely N-dealkylation sites (tertiary alicyclic amines) is 1. The molecule has 4 saturated heterocycles. The molecule has 4 fully saturated rings. The molecule has 73 heavy (non-hydrogen) atoms. The smallest absolute Gasteiger partial charge is 0.410 e. The highest BCUT2D eigenvalue weighted by atomic mass is 16.6. The van der Waals surface area contributed by atoms with Crippen molar-refractivity contribution in [2.75, 3.05) is 99.0 Å². The number of piperazine rings is 2. The van der Waals surface area contributed by atoms with Gasteiger partial charge in [-0.15, -0.1) is 0 Å². The van der Waals surface area contributed by atoms with Crippen LogP contribution in [0.5, 0.6) is 0 Å². The molecule has 6 aromatic rings. The lowest BCUT2D eigenvalue weighted by Crippen LogP contribution is -2.51. The Morgan fingerprint density at radius 2 is 1.01 bits per heavy atom. The third kappa shape index (κ3) is 12.5. The molecule has 4 aromatic heterocycles. The molecule has 0 spiro atoms. The highest BCUT2D eigenvalue weighted by Crippen LogP contribution is 2.26. The molecule has 20 nitrogen and oxygen atoms in total. The molecular formula is C53H66N14O6. The van der Waals surface area contributed by atoms with Gasteiger partial charge in [-0.2, -0.15) is 9.97 Å². The van der Waals surface area contributed by atoms with Crippen molar-refractivity contribution in [3.8, 4) is 0 Å². The number of ether oxygens (including phenoxy) is 1. The molecule has 0 radical (unpaired) electrons. The summed E-state index contributed by atoms with van der Waals surface area (Å²) in [6, 6.07) is 22.8. The summed E-state index contributed by atoms with van der Waals surface area (Å²) in [7, 11) is 0. The van der Waals surface area contributed by atoms with Crippen LogP contribution in [0.25, 0.3) is 22.1 Å². The van der Waals surface area contributed by atoms with Gasteiger partial charge in [0.15, 0.2) is 0 Å². The topological polar surface area (TPSA) is 208 Å². The summed E-state index contributed by atoms with van der Waals surface area (Å²) in [4.78, 5) is 88.8. The number of hydrogen-bond donors (Lipinski definition) is 3. The van der Waals surface area contributed by atoms with Crippen LogP contribution in [-0.2, 0) is 27.4 Å². The minimum Gasteiger partial charge on any atom is -0.444 e. The summed E-state index contributed by atoms with van der Waals surface area (Å²) in [6.07, 6.45) is 4.90. The van der Waals surface area contributed by atoms with Crippen LogP contribution in [0.15, 0.2) is 94.8 Å². The first-order chi connectivity index (χ1) is 35.1. The van der Waals surface area contributed by atoms with Crippen LogP contribution >= 0.6 is 0 Å². The number of fused-ring (bicyclic) bond motifs is 2. The van der Waals surface area contributed by atoms with Gasteiger partial charge < -0.3 is 45.2 Å². The Bertz CT molecular complexity index is 3040. The van der Waals surface area contributed by atoms with Gasteiger partial charge >= 0.3 is 6.09 Å². The lowest BCUT2D eigenvalue weighted by molar-refractivity contribution is -0.129. The van der Waals surface area contributed by atoms with Gasteiger partial charge in [0, 0.05) is 150 Å². The molecular weight excluding hydrogens is 929 g/mol. The van der Waals surface area contributed by atoms with E-state index in [0.29, 0.717) is 61.2 Å². The first-order valence-corrected chi connectivity index (χ1v) is 25.3. The van der Waals surface area contributed by atoms with E-state index in [0.717, 1.165) is 112 Å². The monoisotopic (exact) mass is 995 g/mol. The zero-order chi connectivity index (χ0) is 51.2. The van der Waals surface area contributed by atoms with E-state index >= 15 is 0 Å². The van der Waals surface area contributed by atoms with Crippen molar-refractivity contribution in [1.29, 1.82) is 0 Å². The molecule has 0 aliphatic carbocycles. The molecule has 384 valence electrons. The van der Waals surface area contributed by atoms with Gasteiger partial charge in [0.2, 0.25) is 23.7 Å². The van der Waals surface area contributed by atoms with E-state index in [1.807, 2.05) is 67.0 Å². The second-order valence-electron chi connectivity index (χ2n) is 20.3. The molecule has 0 atom stereocenters. The zero-order valence-electron chi connectivity index (χ0n) is 42.4. The van der Waals surface area contributed by atoms with Crippen LogP contribution in [0.1, 0.15) is 47.5 Å². The number of pyridine rings is 2. The lowest BCUT2D eigenvalue weighted by Gasteiger charge is -2.39. The molecule has 0 bridgehead atoms. The fourth-order valence-corrected chi connectivity index (χ4v) is 9.43. The largest absolute Gasteiger partial charge is 0.444 e. The van der Waals surface area contributed by atoms with Crippen molar-refractivity contribution >= 4 is 74.6 Å². The Morgan fingerprint density at radius 3 is 1.40 bits per heavy atom. The molecule has 20 heteroatoms. The molecule has 0 unspecified atom stereocenters. The third-order valence-corrected chi connectivity index (χ3v) is 13.9. The summed E-state index contributed by atoms with van der Waals surface area (Å²) >= 11 is 0. The summed E-state index contributed by atoms with van der Waals surface area (Å²) in [6.45, 7) is 19.5. The average Bonchev–Trinajstić information content (AvgIpc) is 3.34. The number of benzene rings is 2. The maximum absolute atomic E-state index is 12.8. The van der Waals surface area contributed by atoms with Crippen molar-refractivity contribution in [3.05, 3.63) is 106 Å². The Balaban J connectivity index is 0.000000183. The number of carbonyl (C=O) groups is 3. The van der Waals surface area contributed by atoms with E-state index in [1.165, 1.54) is 0 Å². The summed E-state index contributed by atoms with van der Waals surface area (Å²) in [5.74, 6) is 2.06. The summed E-state index contributed by atoms with van der Waals surface area (Å²) in [5, 5.41) is 11.4. The van der Waals surface area contributed by atoms with Crippen molar-refractivity contribution < 1.29 is 19.1 Å². The Morgan fingerprint density at radius 1 is 0.589 bits per heavy atom. The minimum absolute atomic E-state index is 0.0337. The number of carbonyl (C=O) groups excluding carboxylic acids is 3. The Labute approximate surface area is 424 Å². The lowest BCUT2D eigenvalue weighted by atomic mass is 9.97. The number of nitrogens with one attached hydrogen (secondary N) is 3. The first-order valence-electron chi connectivity index (χ1n) is 25.3. The molecule has 0 saturated carbocycles. The maximum atomic E-state index is 12.8. The van der Waals surface area contributed by atoms with E-state index in [2.05, 4.69) is 57.8 Å². The van der Waals surface area contributed by atoms with Gasteiger partial charge in [-0.05, 0) is 119 Å². The van der Waals surface area contributed by atoms with Gasteiger partial charge in [0.1, 0.15) is 16.9 Å². The van der Waals surface area contributed by atoms with E-state index in [-0.39, 0.29) is 29.0 Å². The normalized spacial score (nSPS) is 16.4. The highest BCUT2D eigenvalue weighted by Gasteiger charge is 2.33.